The minimum atomic E-state index is -0.828. The predicted octanol–water partition coefficient (Wildman–Crippen LogP) is 1.51. The summed E-state index contributed by atoms with van der Waals surface area (Å²) in [4.78, 5) is 3.96. The monoisotopic (exact) mass is 312 g/mol. The molecule has 0 fully saturated rings. The van der Waals surface area contributed by atoms with Gasteiger partial charge in [-0.1, -0.05) is 11.6 Å². The van der Waals surface area contributed by atoms with Crippen LogP contribution in [0.1, 0.15) is 12.5 Å². The van der Waals surface area contributed by atoms with E-state index >= 15 is 0 Å². The Bertz CT molecular complexity index is 317. The van der Waals surface area contributed by atoms with Gasteiger partial charge in [0.25, 0.3) is 0 Å². The standard InChI is InChI=1S/C8H10ClIN2O/c1-8(11,4-13)6-2-5(10)3-12-7(6)9/h2-3,13H,4,11H2,1H3/t8-/m1/s1. The SMILES string of the molecule is C[C@@](N)(CO)c1cc(I)cnc1Cl. The maximum absolute atomic E-state index is 9.05. The summed E-state index contributed by atoms with van der Waals surface area (Å²) in [7, 11) is 0. The maximum atomic E-state index is 9.05. The van der Waals surface area contributed by atoms with Crippen LogP contribution in [-0.4, -0.2) is 16.7 Å². The summed E-state index contributed by atoms with van der Waals surface area (Å²) in [5, 5.41) is 9.40. The Morgan fingerprint density at radius 1 is 1.77 bits per heavy atom. The van der Waals surface area contributed by atoms with Gasteiger partial charge in [-0.25, -0.2) is 4.98 Å². The average Bonchev–Trinajstić information content (AvgIpc) is 2.09. The Balaban J connectivity index is 3.20. The molecule has 0 spiro atoms. The van der Waals surface area contributed by atoms with Crippen molar-refractivity contribution in [3.05, 3.63) is 26.5 Å². The number of pyridine rings is 1. The van der Waals surface area contributed by atoms with Gasteiger partial charge in [0.1, 0.15) is 5.15 Å². The zero-order valence-corrected chi connectivity index (χ0v) is 10.0. The summed E-state index contributed by atoms with van der Waals surface area (Å²) in [5.74, 6) is 0. The smallest absolute Gasteiger partial charge is 0.134 e. The highest BCUT2D eigenvalue weighted by Gasteiger charge is 2.23. The Hall–Kier alpha value is 0.0900. The van der Waals surface area contributed by atoms with Crippen LogP contribution in [-0.2, 0) is 5.54 Å². The molecule has 1 rings (SSSR count). The highest BCUT2D eigenvalue weighted by molar-refractivity contribution is 14.1. The van der Waals surface area contributed by atoms with E-state index in [9.17, 15) is 0 Å². The molecule has 1 atom stereocenters. The van der Waals surface area contributed by atoms with Crippen molar-refractivity contribution in [1.82, 2.24) is 4.98 Å². The molecule has 5 heteroatoms. The first kappa shape index (κ1) is 11.2. The van der Waals surface area contributed by atoms with E-state index in [0.717, 1.165) is 3.57 Å². The Kier molecular flexibility index (Phi) is 3.50. The van der Waals surface area contributed by atoms with Gasteiger partial charge in [0.2, 0.25) is 0 Å². The molecule has 0 saturated carbocycles. The molecule has 0 amide bonds. The lowest BCUT2D eigenvalue weighted by Gasteiger charge is -2.22. The summed E-state index contributed by atoms with van der Waals surface area (Å²) in [6, 6.07) is 1.83. The molecule has 0 aromatic carbocycles. The number of aliphatic hydroxyl groups is 1. The molecule has 0 aliphatic carbocycles. The molecule has 1 heterocycles. The van der Waals surface area contributed by atoms with E-state index in [0.29, 0.717) is 10.7 Å². The van der Waals surface area contributed by atoms with Gasteiger partial charge in [-0.15, -0.1) is 0 Å². The van der Waals surface area contributed by atoms with Gasteiger partial charge in [-0.2, -0.15) is 0 Å². The van der Waals surface area contributed by atoms with Crippen LogP contribution >= 0.6 is 34.2 Å². The van der Waals surface area contributed by atoms with E-state index in [1.165, 1.54) is 0 Å². The van der Waals surface area contributed by atoms with Crippen molar-refractivity contribution in [3.63, 3.8) is 0 Å². The van der Waals surface area contributed by atoms with Crippen LogP contribution in [0, 0.1) is 3.57 Å². The number of halogens is 2. The van der Waals surface area contributed by atoms with Crippen molar-refractivity contribution >= 4 is 34.2 Å². The Morgan fingerprint density at radius 2 is 2.38 bits per heavy atom. The third-order valence-corrected chi connectivity index (χ3v) is 2.64. The fourth-order valence-corrected chi connectivity index (χ4v) is 1.68. The zero-order chi connectivity index (χ0) is 10.1. The third-order valence-electron chi connectivity index (χ3n) is 1.75. The topological polar surface area (TPSA) is 59.1 Å². The van der Waals surface area contributed by atoms with Crippen LogP contribution in [0.4, 0.5) is 0 Å². The molecule has 0 unspecified atom stereocenters. The Labute approximate surface area is 95.4 Å². The average molecular weight is 313 g/mol. The number of aromatic nitrogens is 1. The van der Waals surface area contributed by atoms with Crippen molar-refractivity contribution < 1.29 is 5.11 Å². The highest BCUT2D eigenvalue weighted by Crippen LogP contribution is 2.25. The molecule has 13 heavy (non-hydrogen) atoms. The summed E-state index contributed by atoms with van der Waals surface area (Å²) in [6.07, 6.45) is 1.65. The van der Waals surface area contributed by atoms with E-state index in [-0.39, 0.29) is 6.61 Å². The molecule has 1 aromatic rings. The van der Waals surface area contributed by atoms with E-state index in [1.54, 1.807) is 13.1 Å². The number of nitrogens with zero attached hydrogens (tertiary/aromatic N) is 1. The normalized spacial score (nSPS) is 15.5. The maximum Gasteiger partial charge on any atom is 0.134 e. The molecule has 0 radical (unpaired) electrons. The number of hydrogen-bond acceptors (Lipinski definition) is 3. The van der Waals surface area contributed by atoms with Crippen molar-refractivity contribution in [2.45, 2.75) is 12.5 Å². The van der Waals surface area contributed by atoms with Crippen molar-refractivity contribution in [3.8, 4) is 0 Å². The molecule has 3 nitrogen and oxygen atoms in total. The molecule has 72 valence electrons. The van der Waals surface area contributed by atoms with Crippen LogP contribution in [0.3, 0.4) is 0 Å². The minimum Gasteiger partial charge on any atom is -0.394 e. The first-order chi connectivity index (χ1) is 5.97. The Morgan fingerprint density at radius 3 is 2.92 bits per heavy atom. The van der Waals surface area contributed by atoms with Gasteiger partial charge in [0, 0.05) is 15.3 Å². The number of rotatable bonds is 2. The van der Waals surface area contributed by atoms with Crippen molar-refractivity contribution in [2.24, 2.45) is 5.73 Å². The van der Waals surface area contributed by atoms with Gasteiger partial charge in [-0.05, 0) is 35.6 Å². The lowest BCUT2D eigenvalue weighted by Crippen LogP contribution is -2.37. The number of hydrogen-bond donors (Lipinski definition) is 2. The molecule has 0 bridgehead atoms. The summed E-state index contributed by atoms with van der Waals surface area (Å²) in [6.45, 7) is 1.56. The van der Waals surface area contributed by atoms with Crippen LogP contribution in [0.5, 0.6) is 0 Å². The number of aliphatic hydroxyl groups excluding tert-OH is 1. The first-order valence-corrected chi connectivity index (χ1v) is 5.14. The molecule has 0 saturated heterocycles. The molecule has 0 aliphatic rings. The summed E-state index contributed by atoms with van der Waals surface area (Å²) < 4.78 is 0.946. The van der Waals surface area contributed by atoms with Crippen LogP contribution < -0.4 is 5.73 Å². The van der Waals surface area contributed by atoms with Crippen molar-refractivity contribution in [1.29, 1.82) is 0 Å². The van der Waals surface area contributed by atoms with Gasteiger partial charge in [0.05, 0.1) is 12.1 Å². The summed E-state index contributed by atoms with van der Waals surface area (Å²) in [5.41, 5.74) is 5.67. The second-order valence-corrected chi connectivity index (χ2v) is 4.67. The minimum absolute atomic E-state index is 0.158. The predicted molar refractivity (Wildman–Crippen MR) is 60.6 cm³/mol. The van der Waals surface area contributed by atoms with Gasteiger partial charge in [-0.3, -0.25) is 0 Å². The molecule has 3 N–H and O–H groups in total. The van der Waals surface area contributed by atoms with Crippen LogP contribution in [0.2, 0.25) is 5.15 Å². The van der Waals surface area contributed by atoms with Crippen molar-refractivity contribution in [2.75, 3.05) is 6.61 Å². The largest absolute Gasteiger partial charge is 0.394 e. The van der Waals surface area contributed by atoms with E-state index in [2.05, 4.69) is 27.6 Å². The van der Waals surface area contributed by atoms with E-state index in [1.807, 2.05) is 6.07 Å². The zero-order valence-electron chi connectivity index (χ0n) is 7.09. The highest BCUT2D eigenvalue weighted by atomic mass is 127. The molecule has 1 aromatic heterocycles. The molecular formula is C8H10ClIN2O. The van der Waals surface area contributed by atoms with Gasteiger partial charge >= 0.3 is 0 Å². The first-order valence-electron chi connectivity index (χ1n) is 3.68. The second kappa shape index (κ2) is 4.08. The number of nitrogens with two attached hydrogens (primary N) is 1. The van der Waals surface area contributed by atoms with E-state index in [4.69, 9.17) is 22.4 Å². The quantitative estimate of drug-likeness (QED) is 0.643. The second-order valence-electron chi connectivity index (χ2n) is 3.07. The lowest BCUT2D eigenvalue weighted by atomic mass is 9.96. The van der Waals surface area contributed by atoms with Crippen LogP contribution in [0.25, 0.3) is 0 Å². The molecular weight excluding hydrogens is 302 g/mol. The molecule has 0 aliphatic heterocycles. The van der Waals surface area contributed by atoms with E-state index < -0.39 is 5.54 Å². The van der Waals surface area contributed by atoms with Crippen LogP contribution in [0.15, 0.2) is 12.3 Å². The van der Waals surface area contributed by atoms with Gasteiger partial charge < -0.3 is 10.8 Å². The fourth-order valence-electron chi connectivity index (χ4n) is 0.908. The summed E-state index contributed by atoms with van der Waals surface area (Å²) >= 11 is 7.97. The fraction of sp³-hybridized carbons (Fsp3) is 0.375. The lowest BCUT2D eigenvalue weighted by molar-refractivity contribution is 0.210. The third kappa shape index (κ3) is 2.52. The van der Waals surface area contributed by atoms with Gasteiger partial charge in [0.15, 0.2) is 0 Å².